The van der Waals surface area contributed by atoms with Gasteiger partial charge in [-0.2, -0.15) is 9.98 Å². The van der Waals surface area contributed by atoms with E-state index in [9.17, 15) is 9.59 Å². The van der Waals surface area contributed by atoms with Crippen molar-refractivity contribution in [2.45, 2.75) is 19.4 Å². The van der Waals surface area contributed by atoms with Gasteiger partial charge in [-0.05, 0) is 49.7 Å². The number of anilines is 1. The normalized spacial score (nSPS) is 16.0. The first kappa shape index (κ1) is 23.2. The number of nitrogens with zero attached hydrogens (tertiary/aromatic N) is 4. The minimum Gasteiger partial charge on any atom is -0.457 e. The molecule has 5 rings (SSSR count). The van der Waals surface area contributed by atoms with Crippen LogP contribution >= 0.6 is 0 Å². The number of urea groups is 1. The average molecular weight is 481 g/mol. The third-order valence-electron chi connectivity index (χ3n) is 6.04. The first-order valence-electron chi connectivity index (χ1n) is 11.6. The van der Waals surface area contributed by atoms with E-state index in [1.807, 2.05) is 30.3 Å². The van der Waals surface area contributed by atoms with Crippen LogP contribution in [0.4, 0.5) is 10.6 Å². The van der Waals surface area contributed by atoms with Gasteiger partial charge < -0.3 is 20.7 Å². The van der Waals surface area contributed by atoms with Crippen LogP contribution in [0.25, 0.3) is 11.3 Å². The van der Waals surface area contributed by atoms with E-state index in [0.29, 0.717) is 48.2 Å². The van der Waals surface area contributed by atoms with E-state index in [0.717, 1.165) is 6.42 Å². The van der Waals surface area contributed by atoms with E-state index in [1.165, 1.54) is 0 Å². The van der Waals surface area contributed by atoms with Crippen molar-refractivity contribution in [2.24, 2.45) is 15.7 Å². The zero-order valence-electron chi connectivity index (χ0n) is 19.7. The summed E-state index contributed by atoms with van der Waals surface area (Å²) in [7, 11) is 0. The van der Waals surface area contributed by atoms with Crippen molar-refractivity contribution in [1.29, 1.82) is 0 Å². The highest BCUT2D eigenvalue weighted by Gasteiger charge is 2.29. The molecule has 0 bridgehead atoms. The monoisotopic (exact) mass is 480 g/mol. The molecule has 0 aliphatic carbocycles. The summed E-state index contributed by atoms with van der Waals surface area (Å²) in [5, 5.41) is 3.87. The lowest BCUT2D eigenvalue weighted by Gasteiger charge is -2.19. The van der Waals surface area contributed by atoms with Crippen molar-refractivity contribution in [3.8, 4) is 34.6 Å². The summed E-state index contributed by atoms with van der Waals surface area (Å²) < 4.78 is 5.88. The molecule has 1 fully saturated rings. The van der Waals surface area contributed by atoms with Gasteiger partial charge in [0.2, 0.25) is 0 Å². The Morgan fingerprint density at radius 3 is 2.56 bits per heavy atom. The maximum atomic E-state index is 12.5. The number of ether oxygens (including phenoxy) is 1. The van der Waals surface area contributed by atoms with Gasteiger partial charge >= 0.3 is 6.03 Å². The molecule has 1 aromatic heterocycles. The lowest BCUT2D eigenvalue weighted by atomic mass is 10.0. The van der Waals surface area contributed by atoms with Crippen molar-refractivity contribution in [1.82, 2.24) is 10.3 Å². The number of amides is 3. The summed E-state index contributed by atoms with van der Waals surface area (Å²) in [5.41, 5.74) is 6.82. The number of pyridine rings is 1. The minimum atomic E-state index is -0.724. The van der Waals surface area contributed by atoms with Gasteiger partial charge in [-0.15, -0.1) is 5.92 Å². The lowest BCUT2D eigenvalue weighted by Crippen LogP contribution is -2.40. The maximum Gasteiger partial charge on any atom is 0.368 e. The molecule has 2 aliphatic heterocycles. The second-order valence-electron chi connectivity index (χ2n) is 8.41. The molecule has 36 heavy (non-hydrogen) atoms. The van der Waals surface area contributed by atoms with Crippen LogP contribution in [-0.4, -0.2) is 42.6 Å². The van der Waals surface area contributed by atoms with Crippen LogP contribution < -0.4 is 31.4 Å². The van der Waals surface area contributed by atoms with Crippen molar-refractivity contribution < 1.29 is 14.3 Å². The number of para-hydroxylation sites is 1. The fourth-order valence-corrected chi connectivity index (χ4v) is 4.35. The lowest BCUT2D eigenvalue weighted by molar-refractivity contribution is 0.0999. The van der Waals surface area contributed by atoms with E-state index < -0.39 is 11.9 Å². The highest BCUT2D eigenvalue weighted by Crippen LogP contribution is 2.27. The summed E-state index contributed by atoms with van der Waals surface area (Å²) in [6, 6.07) is 16.2. The average Bonchev–Trinajstić information content (AvgIpc) is 3.50. The highest BCUT2D eigenvalue weighted by molar-refractivity contribution is 5.99. The number of nitrogens with one attached hydrogen (secondary N) is 1. The van der Waals surface area contributed by atoms with Gasteiger partial charge in [0.15, 0.2) is 5.82 Å². The molecule has 2 aliphatic rings. The largest absolute Gasteiger partial charge is 0.457 e. The molecule has 180 valence electrons. The number of nitrogens with two attached hydrogens (primary N) is 1. The fraction of sp³-hybridized carbons (Fsp3) is 0.222. The Morgan fingerprint density at radius 2 is 1.83 bits per heavy atom. The van der Waals surface area contributed by atoms with E-state index in [4.69, 9.17) is 15.5 Å². The van der Waals surface area contributed by atoms with Crippen LogP contribution in [-0.2, 0) is 0 Å². The number of hydrogen-bond donors (Lipinski definition) is 2. The third kappa shape index (κ3) is 4.67. The molecule has 1 atom stereocenters. The Balaban J connectivity index is 1.53. The van der Waals surface area contributed by atoms with Crippen LogP contribution in [0.15, 0.2) is 64.6 Å². The Kier molecular flexibility index (Phi) is 6.43. The summed E-state index contributed by atoms with van der Waals surface area (Å²) in [6.45, 7) is 3.77. The highest BCUT2D eigenvalue weighted by atomic mass is 16.5. The van der Waals surface area contributed by atoms with Crippen LogP contribution in [0.1, 0.15) is 23.7 Å². The van der Waals surface area contributed by atoms with Gasteiger partial charge in [-0.25, -0.2) is 9.78 Å². The van der Waals surface area contributed by atoms with E-state index in [-0.39, 0.29) is 22.3 Å². The number of aromatic nitrogens is 1. The number of primary amides is 1. The number of rotatable bonds is 7. The van der Waals surface area contributed by atoms with Crippen LogP contribution in [0.5, 0.6) is 11.5 Å². The van der Waals surface area contributed by atoms with Crippen LogP contribution in [0, 0.1) is 11.8 Å². The second-order valence-corrected chi connectivity index (χ2v) is 8.41. The Bertz CT molecular complexity index is 1510. The summed E-state index contributed by atoms with van der Waals surface area (Å²) >= 11 is 0. The summed E-state index contributed by atoms with van der Waals surface area (Å²) in [5.74, 6) is 7.01. The number of benzene rings is 2. The van der Waals surface area contributed by atoms with Gasteiger partial charge in [0.05, 0.1) is 17.8 Å². The molecule has 1 saturated heterocycles. The smallest absolute Gasteiger partial charge is 0.368 e. The molecule has 0 saturated carbocycles. The number of fused-ring (bicyclic) bond motifs is 1. The first-order valence-corrected chi connectivity index (χ1v) is 11.6. The zero-order valence-corrected chi connectivity index (χ0v) is 19.7. The fourth-order valence-electron chi connectivity index (χ4n) is 4.35. The number of carbonyl (C=O) groups excluding carboxylic acids is 2. The third-order valence-corrected chi connectivity index (χ3v) is 6.04. The Labute approximate surface area is 207 Å². The van der Waals surface area contributed by atoms with E-state index in [2.05, 4.69) is 32.0 Å². The van der Waals surface area contributed by atoms with Gasteiger partial charge in [0.25, 0.3) is 5.91 Å². The molecule has 9 heteroatoms. The molecule has 0 spiro atoms. The van der Waals surface area contributed by atoms with Crippen LogP contribution in [0.3, 0.4) is 0 Å². The summed E-state index contributed by atoms with van der Waals surface area (Å²) in [4.78, 5) is 39.6. The molecular formula is C27H24N6O3. The molecule has 3 heterocycles. The molecule has 3 amide bonds. The number of hydrogen-bond acceptors (Lipinski definition) is 6. The predicted molar refractivity (Wildman–Crippen MR) is 134 cm³/mol. The van der Waals surface area contributed by atoms with E-state index >= 15 is 0 Å². The summed E-state index contributed by atoms with van der Waals surface area (Å²) in [6.07, 6.45) is 0.880. The van der Waals surface area contributed by atoms with E-state index in [1.54, 1.807) is 31.2 Å². The van der Waals surface area contributed by atoms with Gasteiger partial charge in [0, 0.05) is 24.7 Å². The predicted octanol–water partition coefficient (Wildman–Crippen LogP) is 2.20. The molecule has 2 aromatic carbocycles. The second kappa shape index (κ2) is 9.98. The topological polar surface area (TPSA) is 122 Å². The molecule has 0 radical (unpaired) electrons. The molecule has 3 N–H and O–H groups in total. The molecular weight excluding hydrogens is 456 g/mol. The quantitative estimate of drug-likeness (QED) is 0.500. The first-order chi connectivity index (χ1) is 17.5. The number of carbonyl (C=O) groups is 2. The van der Waals surface area contributed by atoms with Gasteiger partial charge in [0.1, 0.15) is 22.2 Å². The molecule has 3 aromatic rings. The molecule has 9 nitrogen and oxygen atoms in total. The molecule has 0 unspecified atom stereocenters. The standard InChI is InChI=1S/C27H24N6O3/c1-2-3-14-29-18-13-15-33(16-18)26-24-23(31-27(35)32-24)21(25(28)34)22(30-26)17-9-11-20(12-10-17)36-19-7-5-4-6-8-19/h4-12,18,29H,13-16H2,1H3,(H2,28,34)/t18-/m0/s1. The van der Waals surface area contributed by atoms with Crippen LogP contribution in [0.2, 0.25) is 0 Å². The van der Waals surface area contributed by atoms with Crippen molar-refractivity contribution in [3.63, 3.8) is 0 Å². The van der Waals surface area contributed by atoms with Crippen molar-refractivity contribution in [2.75, 3.05) is 24.5 Å². The SMILES string of the molecule is CC#CCN[C@H]1CCN(c2nc(-c3ccc(Oc4ccccc4)cc3)c(C(N)=O)c3c2=NC(=O)N=3)C1. The van der Waals surface area contributed by atoms with Gasteiger partial charge in [-0.1, -0.05) is 24.1 Å². The van der Waals surface area contributed by atoms with Crippen molar-refractivity contribution in [3.05, 3.63) is 70.9 Å². The Morgan fingerprint density at radius 1 is 1.11 bits per heavy atom. The van der Waals surface area contributed by atoms with Gasteiger partial charge in [-0.3, -0.25) is 4.79 Å². The maximum absolute atomic E-state index is 12.5. The zero-order chi connectivity index (χ0) is 25.1. The van der Waals surface area contributed by atoms with Crippen molar-refractivity contribution >= 4 is 17.8 Å². The Hall–Kier alpha value is -4.55. The minimum absolute atomic E-state index is 0.0761.